The van der Waals surface area contributed by atoms with E-state index in [4.69, 9.17) is 9.47 Å². The van der Waals surface area contributed by atoms with Crippen molar-refractivity contribution < 1.29 is 22.7 Å². The van der Waals surface area contributed by atoms with Gasteiger partial charge in [-0.2, -0.15) is 0 Å². The number of hydrogen-bond acceptors (Lipinski definition) is 6. The number of methoxy groups -OCH3 is 1. The zero-order chi connectivity index (χ0) is 20.2. The first-order chi connectivity index (χ1) is 12.6. The van der Waals surface area contributed by atoms with Crippen LogP contribution in [0.1, 0.15) is 62.9 Å². The van der Waals surface area contributed by atoms with Gasteiger partial charge in [0.15, 0.2) is 9.84 Å². The lowest BCUT2D eigenvalue weighted by atomic mass is 9.88. The molecule has 1 aliphatic rings. The number of unbranched alkanes of at least 4 members (excludes halogenated alkanes) is 1. The van der Waals surface area contributed by atoms with Crippen LogP contribution in [0.4, 0.5) is 0 Å². The second-order valence-corrected chi connectivity index (χ2v) is 10.00. The van der Waals surface area contributed by atoms with Gasteiger partial charge in [-0.1, -0.05) is 26.7 Å². The average molecular weight is 398 g/mol. The summed E-state index contributed by atoms with van der Waals surface area (Å²) in [5.41, 5.74) is 0.757. The molecule has 1 aromatic rings. The lowest BCUT2D eigenvalue weighted by molar-refractivity contribution is 0.0462. The first-order valence-electron chi connectivity index (χ1n) is 9.52. The number of hydrogen-bond donors (Lipinski definition) is 1. The van der Waals surface area contributed by atoms with E-state index in [1.54, 1.807) is 25.1 Å². The van der Waals surface area contributed by atoms with E-state index in [0.29, 0.717) is 24.2 Å². The second-order valence-electron chi connectivity index (χ2n) is 7.53. The summed E-state index contributed by atoms with van der Waals surface area (Å²) in [5.74, 6) is 0.418. The predicted molar refractivity (Wildman–Crippen MR) is 106 cm³/mol. The van der Waals surface area contributed by atoms with Gasteiger partial charge < -0.3 is 9.47 Å². The quantitative estimate of drug-likeness (QED) is 0.679. The summed E-state index contributed by atoms with van der Waals surface area (Å²) in [5, 5.41) is 2.75. The number of ether oxygens (including phenoxy) is 2. The minimum Gasteiger partial charge on any atom is -0.486 e. The number of carbonyl (C=O) groups is 1. The maximum absolute atomic E-state index is 12.6. The molecule has 0 spiro atoms. The summed E-state index contributed by atoms with van der Waals surface area (Å²) < 4.78 is 36.0. The van der Waals surface area contributed by atoms with Gasteiger partial charge in [0.2, 0.25) is 0 Å². The lowest BCUT2D eigenvalue weighted by Gasteiger charge is -2.42. The molecule has 1 aliphatic heterocycles. The zero-order valence-corrected chi connectivity index (χ0v) is 17.7. The summed E-state index contributed by atoms with van der Waals surface area (Å²) in [6.07, 6.45) is 2.94. The number of sulfone groups is 1. The van der Waals surface area contributed by atoms with E-state index in [9.17, 15) is 13.2 Å². The number of nitrogens with one attached hydrogen (secondary N) is 1. The van der Waals surface area contributed by atoms with Crippen molar-refractivity contribution >= 4 is 15.8 Å². The fourth-order valence-electron chi connectivity index (χ4n) is 3.34. The Bertz CT molecular complexity index is 773. The molecular weight excluding hydrogens is 366 g/mol. The molecule has 1 aromatic carbocycles. The normalized spacial score (nSPS) is 19.7. The molecule has 1 N–H and O–H groups in total. The highest BCUT2D eigenvalue weighted by atomic mass is 32.2. The largest absolute Gasteiger partial charge is 0.486 e. The van der Waals surface area contributed by atoms with Crippen molar-refractivity contribution in [1.29, 1.82) is 0 Å². The molecule has 0 saturated carbocycles. The van der Waals surface area contributed by atoms with E-state index in [2.05, 4.69) is 5.32 Å². The summed E-state index contributed by atoms with van der Waals surface area (Å²) >= 11 is 0. The van der Waals surface area contributed by atoms with Crippen molar-refractivity contribution in [2.45, 2.75) is 70.4 Å². The molecule has 2 atom stereocenters. The van der Waals surface area contributed by atoms with Crippen molar-refractivity contribution in [1.82, 2.24) is 5.32 Å². The molecule has 7 heteroatoms. The molecule has 0 fully saturated rings. The van der Waals surface area contributed by atoms with Gasteiger partial charge in [0, 0.05) is 5.75 Å². The molecule has 2 unspecified atom stereocenters. The smallest absolute Gasteiger partial charge is 0.337 e. The van der Waals surface area contributed by atoms with Crippen LogP contribution in [0.15, 0.2) is 18.2 Å². The molecule has 27 heavy (non-hydrogen) atoms. The van der Waals surface area contributed by atoms with Gasteiger partial charge in [0.05, 0.1) is 18.7 Å². The van der Waals surface area contributed by atoms with Gasteiger partial charge >= 0.3 is 5.97 Å². The Morgan fingerprint density at radius 3 is 2.67 bits per heavy atom. The van der Waals surface area contributed by atoms with Crippen LogP contribution in [0.3, 0.4) is 0 Å². The molecule has 6 nitrogen and oxygen atoms in total. The van der Waals surface area contributed by atoms with Gasteiger partial charge in [0.1, 0.15) is 16.7 Å². The second kappa shape index (κ2) is 8.61. The van der Waals surface area contributed by atoms with E-state index >= 15 is 0 Å². The van der Waals surface area contributed by atoms with Crippen LogP contribution in [0.2, 0.25) is 0 Å². The number of esters is 1. The summed E-state index contributed by atoms with van der Waals surface area (Å²) in [6, 6.07) is 5.03. The van der Waals surface area contributed by atoms with Crippen LogP contribution in [0, 0.1) is 0 Å². The van der Waals surface area contributed by atoms with E-state index in [-0.39, 0.29) is 11.8 Å². The summed E-state index contributed by atoms with van der Waals surface area (Å²) in [7, 11) is -1.88. The Morgan fingerprint density at radius 1 is 1.37 bits per heavy atom. The van der Waals surface area contributed by atoms with E-state index < -0.39 is 26.8 Å². The Hall–Kier alpha value is -1.60. The number of fused-ring (bicyclic) bond motifs is 1. The molecule has 0 radical (unpaired) electrons. The van der Waals surface area contributed by atoms with E-state index in [1.165, 1.54) is 7.11 Å². The molecular formula is C20H31NO5S. The van der Waals surface area contributed by atoms with Crippen LogP contribution in [0.5, 0.6) is 5.75 Å². The maximum atomic E-state index is 12.6. The SMILES string of the molecule is CCCCC(NC1Cc2cc(C(=O)OC)ccc2OC1(C)C)S(=O)(=O)CC. The first kappa shape index (κ1) is 21.7. The minimum absolute atomic E-state index is 0.103. The molecule has 152 valence electrons. The Morgan fingerprint density at radius 2 is 2.07 bits per heavy atom. The van der Waals surface area contributed by atoms with Gasteiger partial charge in [0.25, 0.3) is 0 Å². The highest BCUT2D eigenvalue weighted by Gasteiger charge is 2.40. The highest BCUT2D eigenvalue weighted by Crippen LogP contribution is 2.34. The molecule has 2 rings (SSSR count). The first-order valence-corrected chi connectivity index (χ1v) is 11.2. The Balaban J connectivity index is 2.30. The van der Waals surface area contributed by atoms with Crippen molar-refractivity contribution in [2.24, 2.45) is 0 Å². The third-order valence-corrected chi connectivity index (χ3v) is 7.20. The van der Waals surface area contributed by atoms with Gasteiger partial charge in [-0.05, 0) is 50.5 Å². The predicted octanol–water partition coefficient (Wildman–Crippen LogP) is 3.10. The topological polar surface area (TPSA) is 81.7 Å². The van der Waals surface area contributed by atoms with E-state index in [1.807, 2.05) is 20.8 Å². The van der Waals surface area contributed by atoms with Crippen LogP contribution in [-0.2, 0) is 21.0 Å². The van der Waals surface area contributed by atoms with Gasteiger partial charge in [-0.15, -0.1) is 0 Å². The minimum atomic E-state index is -3.23. The monoisotopic (exact) mass is 397 g/mol. The third-order valence-electron chi connectivity index (χ3n) is 5.16. The van der Waals surface area contributed by atoms with Gasteiger partial charge in [-0.3, -0.25) is 5.32 Å². The van der Waals surface area contributed by atoms with Crippen LogP contribution >= 0.6 is 0 Å². The molecule has 1 heterocycles. The highest BCUT2D eigenvalue weighted by molar-refractivity contribution is 7.91. The standard InChI is InChI=1S/C20H31NO5S/c1-6-8-9-18(27(23,24)7-2)21-17-13-15-12-14(19(22)25-5)10-11-16(15)26-20(17,3)4/h10-12,17-18,21H,6-9,13H2,1-5H3. The number of carbonyl (C=O) groups excluding carboxylic acids is 1. The van der Waals surface area contributed by atoms with Crippen LogP contribution in [-0.4, -0.2) is 44.3 Å². The van der Waals surface area contributed by atoms with Crippen molar-refractivity contribution in [3.63, 3.8) is 0 Å². The maximum Gasteiger partial charge on any atom is 0.337 e. The lowest BCUT2D eigenvalue weighted by Crippen LogP contribution is -2.58. The fraction of sp³-hybridized carbons (Fsp3) is 0.650. The molecule has 0 amide bonds. The van der Waals surface area contributed by atoms with E-state index in [0.717, 1.165) is 18.4 Å². The Labute approximate surface area is 162 Å². The van der Waals surface area contributed by atoms with Crippen LogP contribution < -0.4 is 10.1 Å². The van der Waals surface area contributed by atoms with Crippen molar-refractivity contribution in [3.05, 3.63) is 29.3 Å². The summed E-state index contributed by atoms with van der Waals surface area (Å²) in [6.45, 7) is 7.64. The van der Waals surface area contributed by atoms with Gasteiger partial charge in [-0.25, -0.2) is 13.2 Å². The molecule has 0 aliphatic carbocycles. The number of rotatable bonds is 8. The molecule has 0 aromatic heterocycles. The summed E-state index contributed by atoms with van der Waals surface area (Å²) in [4.78, 5) is 11.8. The van der Waals surface area contributed by atoms with Crippen molar-refractivity contribution in [2.75, 3.05) is 12.9 Å². The van der Waals surface area contributed by atoms with Crippen molar-refractivity contribution in [3.8, 4) is 5.75 Å². The fourth-order valence-corrected chi connectivity index (χ4v) is 4.64. The molecule has 0 bridgehead atoms. The van der Waals surface area contributed by atoms with Crippen LogP contribution in [0.25, 0.3) is 0 Å². The number of benzene rings is 1. The molecule has 0 saturated heterocycles. The average Bonchev–Trinajstić information content (AvgIpc) is 2.63. The zero-order valence-electron chi connectivity index (χ0n) is 16.9. The third kappa shape index (κ3) is 5.02. The Kier molecular flexibility index (Phi) is 6.92.